The minimum atomic E-state index is 0.598. The van der Waals surface area contributed by atoms with Crippen molar-refractivity contribution in [1.29, 1.82) is 0 Å². The third-order valence-corrected chi connectivity index (χ3v) is 5.75. The van der Waals surface area contributed by atoms with Gasteiger partial charge in [-0.05, 0) is 55.6 Å². The number of guanidine groups is 1. The first-order chi connectivity index (χ1) is 12.2. The number of hydrogen-bond acceptors (Lipinski definition) is 4. The third-order valence-electron chi connectivity index (χ3n) is 4.85. The number of thiophene rings is 1. The maximum Gasteiger partial charge on any atom is 0.190 e. The lowest BCUT2D eigenvalue weighted by atomic mass is 9.97. The van der Waals surface area contributed by atoms with Crippen LogP contribution < -0.4 is 10.6 Å². The van der Waals surface area contributed by atoms with Crippen LogP contribution in [0, 0.1) is 11.8 Å². The van der Waals surface area contributed by atoms with Crippen LogP contribution >= 0.6 is 11.3 Å². The summed E-state index contributed by atoms with van der Waals surface area (Å²) in [5, 5.41) is 9.13. The molecule has 1 aliphatic heterocycles. The number of methoxy groups -OCH3 is 1. The summed E-state index contributed by atoms with van der Waals surface area (Å²) in [6, 6.07) is 4.34. The summed E-state index contributed by atoms with van der Waals surface area (Å²) in [6.45, 7) is 8.50. The molecule has 1 aliphatic rings. The van der Waals surface area contributed by atoms with Crippen LogP contribution in [0.4, 0.5) is 0 Å². The average Bonchev–Trinajstić information content (AvgIpc) is 3.14. The van der Waals surface area contributed by atoms with E-state index >= 15 is 0 Å². The maximum atomic E-state index is 5.17. The van der Waals surface area contributed by atoms with Gasteiger partial charge >= 0.3 is 0 Å². The second kappa shape index (κ2) is 11.5. The van der Waals surface area contributed by atoms with E-state index in [0.29, 0.717) is 5.92 Å². The lowest BCUT2D eigenvalue weighted by Gasteiger charge is -2.32. The molecule has 0 spiro atoms. The van der Waals surface area contributed by atoms with Crippen molar-refractivity contribution in [1.82, 2.24) is 15.5 Å². The van der Waals surface area contributed by atoms with Crippen molar-refractivity contribution in [3.05, 3.63) is 22.4 Å². The highest BCUT2D eigenvalue weighted by Crippen LogP contribution is 2.16. The molecule has 5 nitrogen and oxygen atoms in total. The van der Waals surface area contributed by atoms with Crippen molar-refractivity contribution in [2.75, 3.05) is 53.5 Å². The summed E-state index contributed by atoms with van der Waals surface area (Å²) in [5.41, 5.74) is 0. The van der Waals surface area contributed by atoms with Gasteiger partial charge in [0.2, 0.25) is 0 Å². The highest BCUT2D eigenvalue weighted by Gasteiger charge is 2.19. The number of hydrogen-bond donors (Lipinski definition) is 2. The Morgan fingerprint density at radius 2 is 2.20 bits per heavy atom. The first-order valence-corrected chi connectivity index (χ1v) is 10.3. The number of likely N-dealkylation sites (tertiary alicyclic amines) is 1. The van der Waals surface area contributed by atoms with Crippen LogP contribution in [-0.2, 0) is 11.2 Å². The minimum Gasteiger partial charge on any atom is -0.383 e. The minimum absolute atomic E-state index is 0.598. The van der Waals surface area contributed by atoms with Gasteiger partial charge in [-0.15, -0.1) is 11.3 Å². The molecule has 1 aromatic rings. The first-order valence-electron chi connectivity index (χ1n) is 9.39. The van der Waals surface area contributed by atoms with E-state index in [9.17, 15) is 0 Å². The molecular weight excluding hydrogens is 332 g/mol. The molecular formula is C19H34N4OS. The summed E-state index contributed by atoms with van der Waals surface area (Å²) in [6.07, 6.45) is 3.63. The Morgan fingerprint density at radius 1 is 1.40 bits per heavy atom. The lowest BCUT2D eigenvalue weighted by molar-refractivity contribution is 0.121. The molecule has 0 bridgehead atoms. The summed E-state index contributed by atoms with van der Waals surface area (Å²) < 4.78 is 5.17. The predicted molar refractivity (Wildman–Crippen MR) is 108 cm³/mol. The second-order valence-electron chi connectivity index (χ2n) is 7.00. The molecule has 2 N–H and O–H groups in total. The largest absolute Gasteiger partial charge is 0.383 e. The molecule has 0 aliphatic carbocycles. The molecule has 0 amide bonds. The fourth-order valence-corrected chi connectivity index (χ4v) is 4.08. The number of nitrogens with one attached hydrogen (secondary N) is 2. The van der Waals surface area contributed by atoms with Crippen LogP contribution in [0.25, 0.3) is 0 Å². The molecule has 2 rings (SSSR count). The fraction of sp³-hybridized carbons (Fsp3) is 0.737. The number of nitrogens with zero attached hydrogens (tertiary/aromatic N) is 2. The van der Waals surface area contributed by atoms with Crippen LogP contribution in [0.1, 0.15) is 24.6 Å². The van der Waals surface area contributed by atoms with Gasteiger partial charge in [-0.3, -0.25) is 4.99 Å². The summed E-state index contributed by atoms with van der Waals surface area (Å²) in [7, 11) is 3.63. The van der Waals surface area contributed by atoms with E-state index in [1.165, 1.54) is 30.8 Å². The van der Waals surface area contributed by atoms with Gasteiger partial charge in [-0.1, -0.05) is 13.0 Å². The van der Waals surface area contributed by atoms with Crippen LogP contribution in [0.2, 0.25) is 0 Å². The van der Waals surface area contributed by atoms with Crippen molar-refractivity contribution < 1.29 is 4.74 Å². The molecule has 25 heavy (non-hydrogen) atoms. The lowest BCUT2D eigenvalue weighted by Crippen LogP contribution is -2.44. The first kappa shape index (κ1) is 20.2. The van der Waals surface area contributed by atoms with Crippen molar-refractivity contribution in [2.24, 2.45) is 16.8 Å². The molecule has 1 atom stereocenters. The van der Waals surface area contributed by atoms with Gasteiger partial charge in [0.25, 0.3) is 0 Å². The monoisotopic (exact) mass is 366 g/mol. The van der Waals surface area contributed by atoms with E-state index in [1.54, 1.807) is 7.11 Å². The maximum absolute atomic E-state index is 5.17. The molecule has 1 aromatic heterocycles. The van der Waals surface area contributed by atoms with E-state index in [-0.39, 0.29) is 0 Å². The molecule has 0 aromatic carbocycles. The summed E-state index contributed by atoms with van der Waals surface area (Å²) in [5.74, 6) is 2.27. The van der Waals surface area contributed by atoms with Gasteiger partial charge in [-0.2, -0.15) is 0 Å². The average molecular weight is 367 g/mol. The Labute approximate surface area is 156 Å². The standard InChI is InChI=1S/C19H34N4OS/c1-16(13-18-5-4-12-25-18)14-21-19(20-2)22-15-17-6-8-23(9-7-17)10-11-24-3/h4-5,12,16-17H,6-11,13-15H2,1-3H3,(H2,20,21,22). The van der Waals surface area contributed by atoms with Gasteiger partial charge in [0.15, 0.2) is 5.96 Å². The highest BCUT2D eigenvalue weighted by atomic mass is 32.1. The molecule has 2 heterocycles. The van der Waals surface area contributed by atoms with Gasteiger partial charge in [-0.25, -0.2) is 0 Å². The Balaban J connectivity index is 1.60. The topological polar surface area (TPSA) is 48.9 Å². The quantitative estimate of drug-likeness (QED) is 0.521. The molecule has 1 fully saturated rings. The smallest absolute Gasteiger partial charge is 0.190 e. The van der Waals surface area contributed by atoms with E-state index < -0.39 is 0 Å². The normalized spacial score (nSPS) is 18.3. The van der Waals surface area contributed by atoms with Crippen molar-refractivity contribution >= 4 is 17.3 Å². The zero-order chi connectivity index (χ0) is 17.9. The van der Waals surface area contributed by atoms with Crippen molar-refractivity contribution in [3.63, 3.8) is 0 Å². The van der Waals surface area contributed by atoms with Crippen molar-refractivity contribution in [2.45, 2.75) is 26.2 Å². The molecule has 1 unspecified atom stereocenters. The summed E-state index contributed by atoms with van der Waals surface area (Å²) in [4.78, 5) is 8.32. The second-order valence-corrected chi connectivity index (χ2v) is 8.03. The zero-order valence-corrected chi connectivity index (χ0v) is 16.8. The van der Waals surface area contributed by atoms with Crippen LogP contribution in [-0.4, -0.2) is 64.3 Å². The van der Waals surface area contributed by atoms with E-state index in [4.69, 9.17) is 4.74 Å². The van der Waals surface area contributed by atoms with Gasteiger partial charge < -0.3 is 20.3 Å². The number of aliphatic imine (C=N–C) groups is 1. The van der Waals surface area contributed by atoms with E-state index in [1.807, 2.05) is 18.4 Å². The summed E-state index contributed by atoms with van der Waals surface area (Å²) >= 11 is 1.84. The Kier molecular flexibility index (Phi) is 9.29. The third kappa shape index (κ3) is 7.75. The van der Waals surface area contributed by atoms with Crippen molar-refractivity contribution in [3.8, 4) is 0 Å². The van der Waals surface area contributed by atoms with Gasteiger partial charge in [0, 0.05) is 38.7 Å². The molecule has 1 saturated heterocycles. The highest BCUT2D eigenvalue weighted by molar-refractivity contribution is 7.09. The number of rotatable bonds is 9. The van der Waals surface area contributed by atoms with Gasteiger partial charge in [0.1, 0.15) is 0 Å². The molecule has 0 saturated carbocycles. The van der Waals surface area contributed by atoms with E-state index in [0.717, 1.165) is 44.5 Å². The molecule has 142 valence electrons. The van der Waals surface area contributed by atoms with Crippen LogP contribution in [0.5, 0.6) is 0 Å². The van der Waals surface area contributed by atoms with Crippen LogP contribution in [0.3, 0.4) is 0 Å². The number of piperidine rings is 1. The van der Waals surface area contributed by atoms with Crippen LogP contribution in [0.15, 0.2) is 22.5 Å². The molecule has 0 radical (unpaired) electrons. The Hall–Kier alpha value is -1.11. The molecule has 6 heteroatoms. The van der Waals surface area contributed by atoms with E-state index in [2.05, 4.69) is 45.0 Å². The number of ether oxygens (including phenoxy) is 1. The predicted octanol–water partition coefficient (Wildman–Crippen LogP) is 2.45. The zero-order valence-electron chi connectivity index (χ0n) is 16.0. The Morgan fingerprint density at radius 3 is 2.84 bits per heavy atom. The SMILES string of the molecule is CN=C(NCC(C)Cc1cccs1)NCC1CCN(CCOC)CC1. The fourth-order valence-electron chi connectivity index (χ4n) is 3.21. The van der Waals surface area contributed by atoms with Gasteiger partial charge in [0.05, 0.1) is 6.61 Å². The Bertz CT molecular complexity index is 484.